The van der Waals surface area contributed by atoms with Crippen molar-refractivity contribution in [3.63, 3.8) is 0 Å². The minimum Gasteiger partial charge on any atom is -0.691 e. The van der Waals surface area contributed by atoms with Crippen LogP contribution in [0.25, 0.3) is 5.23 Å². The van der Waals surface area contributed by atoms with Crippen LogP contribution in [0.3, 0.4) is 0 Å². The molecule has 0 aliphatic rings. The van der Waals surface area contributed by atoms with Gasteiger partial charge >= 0.3 is 31.1 Å². The summed E-state index contributed by atoms with van der Waals surface area (Å²) in [5.74, 6) is 0.604. The van der Waals surface area contributed by atoms with Crippen LogP contribution in [-0.4, -0.2) is 7.41 Å². The van der Waals surface area contributed by atoms with Crippen LogP contribution < -0.4 is 0 Å². The number of nitrogens with zero attached hydrogens (tertiary/aromatic N) is 1. The van der Waals surface area contributed by atoms with Crippen LogP contribution in [0.2, 0.25) is 6.32 Å². The molecule has 0 N–H and O–H groups in total. The van der Waals surface area contributed by atoms with E-state index >= 15 is 0 Å². The summed E-state index contributed by atoms with van der Waals surface area (Å²) in [6, 6.07) is 8.66. The van der Waals surface area contributed by atoms with Crippen molar-refractivity contribution in [3.8, 4) is 0 Å². The van der Waals surface area contributed by atoms with Gasteiger partial charge in [0, 0.05) is 0 Å². The second kappa shape index (κ2) is 8.45. The molecule has 0 heterocycles. The van der Waals surface area contributed by atoms with Crippen LogP contribution in [0, 0.1) is 38.0 Å². The molecule has 15 heavy (non-hydrogen) atoms. The standard InChI is InChI=1S/C12H17BN.U/c1-4-13-14-9-11-5-7-12(8-6-11)10(2)3;/h5-8,10H,1,4,9H2,2-3H3;/q-2;+2. The van der Waals surface area contributed by atoms with E-state index < -0.39 is 0 Å². The molecular formula is C12H17BNU. The van der Waals surface area contributed by atoms with E-state index in [9.17, 15) is 0 Å². The topological polar surface area (TPSA) is 14.1 Å². The van der Waals surface area contributed by atoms with Gasteiger partial charge in [0.05, 0.1) is 0 Å². The van der Waals surface area contributed by atoms with E-state index in [1.165, 1.54) is 11.1 Å². The second-order valence-corrected chi connectivity index (χ2v) is 3.71. The van der Waals surface area contributed by atoms with Crippen LogP contribution in [-0.2, 0) is 6.54 Å². The average Bonchev–Trinajstić information content (AvgIpc) is 2.19. The molecule has 0 aliphatic carbocycles. The van der Waals surface area contributed by atoms with Crippen molar-refractivity contribution in [2.45, 2.75) is 32.6 Å². The van der Waals surface area contributed by atoms with Crippen LogP contribution in [0.15, 0.2) is 24.3 Å². The summed E-state index contributed by atoms with van der Waals surface area (Å²) >= 11 is 0. The van der Waals surface area contributed by atoms with Crippen molar-refractivity contribution < 1.29 is 31.1 Å². The summed E-state index contributed by atoms with van der Waals surface area (Å²) in [5.41, 5.74) is 2.65. The van der Waals surface area contributed by atoms with Gasteiger partial charge in [-0.25, -0.2) is 6.32 Å². The number of benzene rings is 1. The quantitative estimate of drug-likeness (QED) is 0.390. The summed E-state index contributed by atoms with van der Waals surface area (Å²) in [6.07, 6.45) is 0.768. The Kier molecular flexibility index (Phi) is 8.62. The van der Waals surface area contributed by atoms with Crippen molar-refractivity contribution in [3.05, 3.63) is 47.5 Å². The van der Waals surface area contributed by atoms with Gasteiger partial charge in [-0.05, 0) is 11.5 Å². The van der Waals surface area contributed by atoms with Gasteiger partial charge in [0.2, 0.25) is 0 Å². The maximum Gasteiger partial charge on any atom is 2.00 e. The Balaban J connectivity index is 0.00000196. The van der Waals surface area contributed by atoms with E-state index in [4.69, 9.17) is 0 Å². The van der Waals surface area contributed by atoms with E-state index in [0.29, 0.717) is 5.92 Å². The van der Waals surface area contributed by atoms with Gasteiger partial charge in [-0.15, -0.1) is 6.54 Å². The molecule has 0 atom stereocenters. The fourth-order valence-corrected chi connectivity index (χ4v) is 1.27. The second-order valence-electron chi connectivity index (χ2n) is 3.71. The maximum atomic E-state index is 4.25. The van der Waals surface area contributed by atoms with Crippen molar-refractivity contribution in [1.29, 1.82) is 0 Å². The Morgan fingerprint density at radius 1 is 1.27 bits per heavy atom. The third kappa shape index (κ3) is 5.81. The molecule has 1 nitrogen and oxygen atoms in total. The smallest absolute Gasteiger partial charge is 0.691 e. The first kappa shape index (κ1) is 15.3. The first-order chi connectivity index (χ1) is 6.74. The summed E-state index contributed by atoms with van der Waals surface area (Å²) in [5, 5.41) is 4.25. The average molecular weight is 424 g/mol. The summed E-state index contributed by atoms with van der Waals surface area (Å²) in [7, 11) is 1.86. The van der Waals surface area contributed by atoms with Gasteiger partial charge in [-0.3, -0.25) is 0 Å². The normalized spacial score (nSPS) is 9.87. The van der Waals surface area contributed by atoms with E-state index in [2.05, 4.69) is 50.3 Å². The van der Waals surface area contributed by atoms with Gasteiger partial charge < -0.3 is 12.2 Å². The van der Waals surface area contributed by atoms with Crippen LogP contribution >= 0.6 is 0 Å². The van der Waals surface area contributed by atoms with Crippen molar-refractivity contribution >= 4 is 7.41 Å². The first-order valence-electron chi connectivity index (χ1n) is 5.10. The molecule has 3 heteroatoms. The third-order valence-electron chi connectivity index (χ3n) is 2.18. The molecule has 0 unspecified atom stereocenters. The number of rotatable bonds is 5. The Morgan fingerprint density at radius 3 is 2.33 bits per heavy atom. The zero-order valence-corrected chi connectivity index (χ0v) is 13.7. The molecule has 1 radical (unpaired) electrons. The molecule has 77 valence electrons. The predicted octanol–water partition coefficient (Wildman–Crippen LogP) is 3.56. The van der Waals surface area contributed by atoms with E-state index in [1.54, 1.807) is 0 Å². The molecule has 0 saturated carbocycles. The SMILES string of the molecule is [CH2-]C[B][N-]Cc1ccc(C(C)C)cc1.[U+2]. The largest absolute Gasteiger partial charge is 2.00 e. The monoisotopic (exact) mass is 424 g/mol. The van der Waals surface area contributed by atoms with E-state index in [0.717, 1.165) is 12.9 Å². The number of hydrogen-bond acceptors (Lipinski definition) is 0. The fourth-order valence-electron chi connectivity index (χ4n) is 1.27. The summed E-state index contributed by atoms with van der Waals surface area (Å²) < 4.78 is 0. The van der Waals surface area contributed by atoms with Crippen LogP contribution in [0.4, 0.5) is 0 Å². The number of hydrogen-bond donors (Lipinski definition) is 0. The van der Waals surface area contributed by atoms with Gasteiger partial charge in [0.15, 0.2) is 0 Å². The maximum absolute atomic E-state index is 4.25. The Labute approximate surface area is 118 Å². The fraction of sp³-hybridized carbons (Fsp3) is 0.417. The zero-order chi connectivity index (χ0) is 10.4. The Morgan fingerprint density at radius 2 is 1.87 bits per heavy atom. The Hall–Kier alpha value is 0.297. The van der Waals surface area contributed by atoms with E-state index in [-0.39, 0.29) is 31.1 Å². The van der Waals surface area contributed by atoms with Crippen molar-refractivity contribution in [2.24, 2.45) is 0 Å². The summed E-state index contributed by atoms with van der Waals surface area (Å²) in [4.78, 5) is 0. The molecule has 0 spiro atoms. The van der Waals surface area contributed by atoms with Crippen LogP contribution in [0.1, 0.15) is 30.9 Å². The summed E-state index contributed by atoms with van der Waals surface area (Å²) in [6.45, 7) is 8.89. The van der Waals surface area contributed by atoms with Gasteiger partial charge in [0.25, 0.3) is 0 Å². The minimum atomic E-state index is 0. The molecule has 1 rings (SSSR count). The van der Waals surface area contributed by atoms with Gasteiger partial charge in [-0.2, -0.15) is 0 Å². The van der Waals surface area contributed by atoms with E-state index in [1.807, 2.05) is 7.41 Å². The predicted molar refractivity (Wildman–Crippen MR) is 63.5 cm³/mol. The molecule has 0 amide bonds. The zero-order valence-electron chi connectivity index (χ0n) is 9.53. The van der Waals surface area contributed by atoms with Crippen molar-refractivity contribution in [1.82, 2.24) is 0 Å². The van der Waals surface area contributed by atoms with Gasteiger partial charge in [0.1, 0.15) is 0 Å². The Bertz CT molecular complexity index is 259. The molecular weight excluding hydrogens is 407 g/mol. The third-order valence-corrected chi connectivity index (χ3v) is 2.18. The molecule has 0 bridgehead atoms. The molecule has 1 aromatic carbocycles. The first-order valence-corrected chi connectivity index (χ1v) is 5.10. The van der Waals surface area contributed by atoms with Gasteiger partial charge in [-0.1, -0.05) is 51.1 Å². The van der Waals surface area contributed by atoms with Crippen molar-refractivity contribution in [2.75, 3.05) is 0 Å². The molecule has 0 saturated heterocycles. The molecule has 0 aromatic heterocycles. The molecule has 0 aliphatic heterocycles. The van der Waals surface area contributed by atoms with Crippen LogP contribution in [0.5, 0.6) is 0 Å². The minimum absolute atomic E-state index is 0. The molecule has 1 aromatic rings. The molecule has 0 fully saturated rings.